The van der Waals surface area contributed by atoms with E-state index in [2.05, 4.69) is 4.90 Å². The minimum atomic E-state index is -0.778. The van der Waals surface area contributed by atoms with E-state index < -0.39 is 12.0 Å². The molecule has 132 valence electrons. The Morgan fingerprint density at radius 2 is 1.60 bits per heavy atom. The van der Waals surface area contributed by atoms with E-state index in [0.29, 0.717) is 6.61 Å². The number of carboxylic acid groups (broad SMARTS) is 1. The normalized spacial score (nSPS) is 16.8. The number of hydrogen-bond donors (Lipinski definition) is 1. The molecular formula is C21H25NO3. The molecular weight excluding hydrogens is 314 g/mol. The van der Waals surface area contributed by atoms with Gasteiger partial charge in [0.1, 0.15) is 18.4 Å². The molecule has 0 spiro atoms. The molecule has 1 unspecified atom stereocenters. The van der Waals surface area contributed by atoms with Gasteiger partial charge in [-0.2, -0.15) is 0 Å². The molecule has 4 nitrogen and oxygen atoms in total. The summed E-state index contributed by atoms with van der Waals surface area (Å²) in [6.07, 6.45) is 4.52. The molecule has 1 fully saturated rings. The largest absolute Gasteiger partial charge is 0.489 e. The molecule has 0 aromatic heterocycles. The first kappa shape index (κ1) is 17.5. The maximum absolute atomic E-state index is 11.8. The molecule has 1 heterocycles. The van der Waals surface area contributed by atoms with Crippen molar-refractivity contribution in [1.29, 1.82) is 0 Å². The molecule has 1 saturated heterocycles. The van der Waals surface area contributed by atoms with Crippen molar-refractivity contribution in [2.45, 2.75) is 38.3 Å². The quantitative estimate of drug-likeness (QED) is 0.854. The molecule has 1 N–H and O–H groups in total. The van der Waals surface area contributed by atoms with Crippen molar-refractivity contribution in [3.05, 3.63) is 65.7 Å². The highest BCUT2D eigenvalue weighted by Gasteiger charge is 2.27. The molecule has 25 heavy (non-hydrogen) atoms. The standard InChI is InChI=1S/C21H25NO3/c23-21(24)20(22-14-6-1-2-7-15-22)18-10-12-19(13-11-18)25-16-17-8-4-3-5-9-17/h3-5,8-13,20H,1-2,6-7,14-16H2,(H,23,24). The Bertz CT molecular complexity index is 661. The van der Waals surface area contributed by atoms with Crippen LogP contribution in [-0.2, 0) is 11.4 Å². The van der Waals surface area contributed by atoms with Crippen molar-refractivity contribution >= 4 is 5.97 Å². The van der Waals surface area contributed by atoms with Crippen LogP contribution in [0.25, 0.3) is 0 Å². The van der Waals surface area contributed by atoms with E-state index in [1.165, 1.54) is 12.8 Å². The average molecular weight is 339 g/mol. The molecule has 0 saturated carbocycles. The lowest BCUT2D eigenvalue weighted by Crippen LogP contribution is -2.34. The van der Waals surface area contributed by atoms with Crippen LogP contribution >= 0.6 is 0 Å². The molecule has 2 aromatic rings. The van der Waals surface area contributed by atoms with E-state index in [1.54, 1.807) is 0 Å². The van der Waals surface area contributed by atoms with Crippen LogP contribution in [0, 0.1) is 0 Å². The topological polar surface area (TPSA) is 49.8 Å². The summed E-state index contributed by atoms with van der Waals surface area (Å²) >= 11 is 0. The highest BCUT2D eigenvalue weighted by atomic mass is 16.5. The number of rotatable bonds is 6. The van der Waals surface area contributed by atoms with Gasteiger partial charge in [-0.25, -0.2) is 0 Å². The Balaban J connectivity index is 1.67. The lowest BCUT2D eigenvalue weighted by Gasteiger charge is -2.27. The molecule has 3 rings (SSSR count). The minimum absolute atomic E-state index is 0.509. The van der Waals surface area contributed by atoms with Crippen molar-refractivity contribution in [3.8, 4) is 5.75 Å². The first-order chi connectivity index (χ1) is 12.2. The zero-order chi connectivity index (χ0) is 17.5. The van der Waals surface area contributed by atoms with E-state index in [-0.39, 0.29) is 0 Å². The van der Waals surface area contributed by atoms with Gasteiger partial charge >= 0.3 is 5.97 Å². The first-order valence-corrected chi connectivity index (χ1v) is 8.97. The van der Waals surface area contributed by atoms with Gasteiger partial charge in [-0.05, 0) is 49.2 Å². The van der Waals surface area contributed by atoms with Gasteiger partial charge in [0.25, 0.3) is 0 Å². The molecule has 1 aliphatic rings. The number of carbonyl (C=O) groups is 1. The van der Waals surface area contributed by atoms with Gasteiger partial charge in [0, 0.05) is 0 Å². The van der Waals surface area contributed by atoms with Crippen molar-refractivity contribution in [2.24, 2.45) is 0 Å². The van der Waals surface area contributed by atoms with Crippen molar-refractivity contribution < 1.29 is 14.6 Å². The van der Waals surface area contributed by atoms with Crippen molar-refractivity contribution in [1.82, 2.24) is 4.90 Å². The molecule has 2 aromatic carbocycles. The Labute approximate surface area is 149 Å². The molecule has 1 atom stereocenters. The highest BCUT2D eigenvalue weighted by Crippen LogP contribution is 2.26. The van der Waals surface area contributed by atoms with Gasteiger partial charge in [0.15, 0.2) is 0 Å². The predicted octanol–water partition coefficient (Wildman–Crippen LogP) is 4.27. The minimum Gasteiger partial charge on any atom is -0.489 e. The second kappa shape index (κ2) is 8.67. The average Bonchev–Trinajstić information content (AvgIpc) is 2.91. The van der Waals surface area contributed by atoms with Crippen molar-refractivity contribution in [2.75, 3.05) is 13.1 Å². The Morgan fingerprint density at radius 3 is 2.20 bits per heavy atom. The molecule has 0 amide bonds. The molecule has 0 radical (unpaired) electrons. The SMILES string of the molecule is O=C(O)C(c1ccc(OCc2ccccc2)cc1)N1CCCCCC1. The second-order valence-electron chi connectivity index (χ2n) is 6.53. The summed E-state index contributed by atoms with van der Waals surface area (Å²) in [5, 5.41) is 9.72. The van der Waals surface area contributed by atoms with Gasteiger partial charge < -0.3 is 9.84 Å². The summed E-state index contributed by atoms with van der Waals surface area (Å²) in [5.74, 6) is -0.0209. The molecule has 0 aliphatic carbocycles. The second-order valence-corrected chi connectivity index (χ2v) is 6.53. The van der Waals surface area contributed by atoms with Crippen LogP contribution in [0.2, 0.25) is 0 Å². The van der Waals surface area contributed by atoms with Gasteiger partial charge in [-0.15, -0.1) is 0 Å². The fourth-order valence-electron chi connectivity index (χ4n) is 3.35. The maximum atomic E-state index is 11.8. The Kier molecular flexibility index (Phi) is 6.07. The number of likely N-dealkylation sites (tertiary alicyclic amines) is 1. The van der Waals surface area contributed by atoms with Crippen LogP contribution < -0.4 is 4.74 Å². The third-order valence-corrected chi connectivity index (χ3v) is 4.68. The van der Waals surface area contributed by atoms with Crippen LogP contribution in [0.5, 0.6) is 5.75 Å². The van der Waals surface area contributed by atoms with Gasteiger partial charge in [-0.1, -0.05) is 55.3 Å². The van der Waals surface area contributed by atoms with Crippen molar-refractivity contribution in [3.63, 3.8) is 0 Å². The summed E-state index contributed by atoms with van der Waals surface area (Å²) in [5.41, 5.74) is 1.93. The monoisotopic (exact) mass is 339 g/mol. The Morgan fingerprint density at radius 1 is 0.960 bits per heavy atom. The van der Waals surface area contributed by atoms with Crippen LogP contribution in [0.3, 0.4) is 0 Å². The fraction of sp³-hybridized carbons (Fsp3) is 0.381. The third kappa shape index (κ3) is 4.83. The van der Waals surface area contributed by atoms with Crippen LogP contribution in [0.15, 0.2) is 54.6 Å². The van der Waals surface area contributed by atoms with E-state index in [9.17, 15) is 9.90 Å². The van der Waals surface area contributed by atoms with Gasteiger partial charge in [0.2, 0.25) is 0 Å². The summed E-state index contributed by atoms with van der Waals surface area (Å²) in [6.45, 7) is 2.21. The third-order valence-electron chi connectivity index (χ3n) is 4.68. The van der Waals surface area contributed by atoms with E-state index in [0.717, 1.165) is 42.8 Å². The number of ether oxygens (including phenoxy) is 1. The number of aliphatic carboxylic acids is 1. The molecule has 1 aliphatic heterocycles. The van der Waals surface area contributed by atoms with E-state index >= 15 is 0 Å². The first-order valence-electron chi connectivity index (χ1n) is 8.97. The lowest BCUT2D eigenvalue weighted by molar-refractivity contribution is -0.143. The molecule has 4 heteroatoms. The number of carboxylic acids is 1. The maximum Gasteiger partial charge on any atom is 0.325 e. The van der Waals surface area contributed by atoms with Gasteiger partial charge in [-0.3, -0.25) is 9.69 Å². The zero-order valence-electron chi connectivity index (χ0n) is 14.4. The summed E-state index contributed by atoms with van der Waals surface area (Å²) in [6, 6.07) is 16.9. The van der Waals surface area contributed by atoms with Crippen LogP contribution in [0.4, 0.5) is 0 Å². The highest BCUT2D eigenvalue weighted by molar-refractivity contribution is 5.75. The van der Waals surface area contributed by atoms with Gasteiger partial charge in [0.05, 0.1) is 0 Å². The number of nitrogens with zero attached hydrogens (tertiary/aromatic N) is 1. The predicted molar refractivity (Wildman–Crippen MR) is 97.6 cm³/mol. The van der Waals surface area contributed by atoms with E-state index in [4.69, 9.17) is 4.74 Å². The summed E-state index contributed by atoms with van der Waals surface area (Å²) in [7, 11) is 0. The zero-order valence-corrected chi connectivity index (χ0v) is 14.4. The summed E-state index contributed by atoms with van der Waals surface area (Å²) < 4.78 is 5.79. The smallest absolute Gasteiger partial charge is 0.325 e. The Hall–Kier alpha value is -2.33. The van der Waals surface area contributed by atoms with Crippen LogP contribution in [0.1, 0.15) is 42.9 Å². The van der Waals surface area contributed by atoms with E-state index in [1.807, 2.05) is 54.6 Å². The summed E-state index contributed by atoms with van der Waals surface area (Å²) in [4.78, 5) is 13.9. The van der Waals surface area contributed by atoms with Crippen LogP contribution in [-0.4, -0.2) is 29.1 Å². The fourth-order valence-corrected chi connectivity index (χ4v) is 3.35. The number of benzene rings is 2. The molecule has 0 bridgehead atoms. The number of hydrogen-bond acceptors (Lipinski definition) is 3. The lowest BCUT2D eigenvalue weighted by atomic mass is 10.0.